The van der Waals surface area contributed by atoms with Gasteiger partial charge < -0.3 is 15.2 Å². The maximum absolute atomic E-state index is 13.7. The van der Waals surface area contributed by atoms with Crippen molar-refractivity contribution in [3.63, 3.8) is 0 Å². The Labute approximate surface area is 124 Å². The monoisotopic (exact) mass is 289 g/mol. The highest BCUT2D eigenvalue weighted by Gasteiger charge is 2.07. The lowest BCUT2D eigenvalue weighted by atomic mass is 10.1. The van der Waals surface area contributed by atoms with Gasteiger partial charge >= 0.3 is 0 Å². The van der Waals surface area contributed by atoms with Gasteiger partial charge in [-0.15, -0.1) is 0 Å². The third-order valence-corrected chi connectivity index (χ3v) is 3.03. The summed E-state index contributed by atoms with van der Waals surface area (Å²) in [6, 6.07) is 14.1. The van der Waals surface area contributed by atoms with Crippen LogP contribution in [-0.2, 0) is 0 Å². The molecule has 0 unspecified atom stereocenters. The molecule has 4 heteroatoms. The molecule has 0 aliphatic heterocycles. The fourth-order valence-corrected chi connectivity index (χ4v) is 1.92. The molecule has 0 saturated carbocycles. The summed E-state index contributed by atoms with van der Waals surface area (Å²) in [5.74, 6) is 1.02. The molecule has 0 aliphatic carbocycles. The highest BCUT2D eigenvalue weighted by atomic mass is 19.1. The van der Waals surface area contributed by atoms with Crippen LogP contribution in [0.3, 0.4) is 0 Å². The molecule has 0 aliphatic rings. The van der Waals surface area contributed by atoms with Crippen LogP contribution in [0.1, 0.15) is 24.9 Å². The molecule has 0 spiro atoms. The van der Waals surface area contributed by atoms with Gasteiger partial charge in [0.05, 0.1) is 13.2 Å². The van der Waals surface area contributed by atoms with Crippen LogP contribution in [0.15, 0.2) is 48.5 Å². The lowest BCUT2D eigenvalue weighted by Gasteiger charge is -2.11. The van der Waals surface area contributed by atoms with Crippen molar-refractivity contribution in [1.29, 1.82) is 0 Å². The quantitative estimate of drug-likeness (QED) is 0.791. The molecule has 0 saturated heterocycles. The molecule has 2 aromatic carbocycles. The van der Waals surface area contributed by atoms with Gasteiger partial charge in [-0.25, -0.2) is 4.39 Å². The van der Waals surface area contributed by atoms with Gasteiger partial charge in [0.25, 0.3) is 0 Å². The van der Waals surface area contributed by atoms with Gasteiger partial charge in [0.2, 0.25) is 0 Å². The van der Waals surface area contributed by atoms with Crippen LogP contribution in [0, 0.1) is 5.82 Å². The Morgan fingerprint density at radius 3 is 2.29 bits per heavy atom. The number of ether oxygens (including phenoxy) is 2. The third-order valence-electron chi connectivity index (χ3n) is 3.03. The summed E-state index contributed by atoms with van der Waals surface area (Å²) in [5, 5.41) is 0. The minimum Gasteiger partial charge on any atom is -0.493 e. The van der Waals surface area contributed by atoms with Gasteiger partial charge in [-0.3, -0.25) is 0 Å². The number of rotatable bonds is 7. The van der Waals surface area contributed by atoms with Gasteiger partial charge in [0.1, 0.15) is 17.3 Å². The van der Waals surface area contributed by atoms with Crippen molar-refractivity contribution in [2.75, 3.05) is 13.2 Å². The van der Waals surface area contributed by atoms with E-state index in [2.05, 4.69) is 0 Å². The Morgan fingerprint density at radius 2 is 1.67 bits per heavy atom. The third kappa shape index (κ3) is 4.76. The van der Waals surface area contributed by atoms with E-state index in [1.165, 1.54) is 6.07 Å². The van der Waals surface area contributed by atoms with Crippen LogP contribution in [0.4, 0.5) is 4.39 Å². The average molecular weight is 289 g/mol. The van der Waals surface area contributed by atoms with Gasteiger partial charge in [-0.05, 0) is 25.1 Å². The van der Waals surface area contributed by atoms with Crippen LogP contribution in [-0.4, -0.2) is 13.2 Å². The molecule has 21 heavy (non-hydrogen) atoms. The molecule has 2 aromatic rings. The summed E-state index contributed by atoms with van der Waals surface area (Å²) in [6.07, 6.45) is 0.728. The van der Waals surface area contributed by atoms with Crippen LogP contribution in [0.2, 0.25) is 0 Å². The van der Waals surface area contributed by atoms with Crippen molar-refractivity contribution < 1.29 is 13.9 Å². The van der Waals surface area contributed by atoms with E-state index in [-0.39, 0.29) is 11.9 Å². The van der Waals surface area contributed by atoms with E-state index >= 15 is 0 Å². The zero-order chi connectivity index (χ0) is 15.1. The van der Waals surface area contributed by atoms with Crippen LogP contribution >= 0.6 is 0 Å². The predicted molar refractivity (Wildman–Crippen MR) is 81.1 cm³/mol. The largest absolute Gasteiger partial charge is 0.493 e. The van der Waals surface area contributed by atoms with E-state index in [4.69, 9.17) is 15.2 Å². The normalized spacial score (nSPS) is 12.0. The minimum absolute atomic E-state index is 0.321. The topological polar surface area (TPSA) is 44.5 Å². The number of hydrogen-bond acceptors (Lipinski definition) is 3. The number of para-hydroxylation sites is 1. The van der Waals surface area contributed by atoms with Crippen molar-refractivity contribution in [1.82, 2.24) is 0 Å². The molecular weight excluding hydrogens is 269 g/mol. The van der Waals surface area contributed by atoms with Gasteiger partial charge in [-0.2, -0.15) is 0 Å². The molecule has 0 amide bonds. The lowest BCUT2D eigenvalue weighted by molar-refractivity contribution is 0.247. The Bertz CT molecular complexity index is 558. The van der Waals surface area contributed by atoms with Crippen LogP contribution in [0.5, 0.6) is 11.5 Å². The first-order valence-corrected chi connectivity index (χ1v) is 7.02. The first-order chi connectivity index (χ1) is 10.2. The first kappa shape index (κ1) is 15.3. The molecule has 2 N–H and O–H groups in total. The molecule has 3 nitrogen and oxygen atoms in total. The number of nitrogens with two attached hydrogens (primary N) is 1. The van der Waals surface area contributed by atoms with E-state index in [9.17, 15) is 4.39 Å². The molecule has 2 rings (SSSR count). The Kier molecular flexibility index (Phi) is 5.58. The molecule has 0 radical (unpaired) electrons. The fraction of sp³-hybridized carbons (Fsp3) is 0.294. The summed E-state index contributed by atoms with van der Waals surface area (Å²) in [7, 11) is 0. The summed E-state index contributed by atoms with van der Waals surface area (Å²) in [6.45, 7) is 2.79. The Morgan fingerprint density at radius 1 is 1.00 bits per heavy atom. The molecule has 0 heterocycles. The van der Waals surface area contributed by atoms with E-state index in [0.29, 0.717) is 24.5 Å². The first-order valence-electron chi connectivity index (χ1n) is 7.02. The number of hydrogen-bond donors (Lipinski definition) is 1. The van der Waals surface area contributed by atoms with Crippen LogP contribution < -0.4 is 15.2 Å². The van der Waals surface area contributed by atoms with Crippen molar-refractivity contribution in [2.24, 2.45) is 5.73 Å². The highest BCUT2D eigenvalue weighted by Crippen LogP contribution is 2.20. The summed E-state index contributed by atoms with van der Waals surface area (Å²) in [4.78, 5) is 0. The molecule has 0 bridgehead atoms. The van der Waals surface area contributed by atoms with Crippen molar-refractivity contribution in [3.8, 4) is 11.5 Å². The Balaban J connectivity index is 1.72. The van der Waals surface area contributed by atoms with Crippen molar-refractivity contribution in [3.05, 3.63) is 59.9 Å². The maximum atomic E-state index is 13.7. The SMILES string of the molecule is C[C@@H](N)c1ccc(OCCCOc2ccccc2)cc1F. The van der Waals surface area contributed by atoms with E-state index in [0.717, 1.165) is 12.2 Å². The lowest BCUT2D eigenvalue weighted by Crippen LogP contribution is -2.08. The number of halogens is 1. The molecule has 112 valence electrons. The molecule has 1 atom stereocenters. The zero-order valence-corrected chi connectivity index (χ0v) is 12.1. The summed E-state index contributed by atoms with van der Waals surface area (Å²) < 4.78 is 24.8. The zero-order valence-electron chi connectivity index (χ0n) is 12.1. The predicted octanol–water partition coefficient (Wildman–Crippen LogP) is 3.69. The van der Waals surface area contributed by atoms with Crippen molar-refractivity contribution in [2.45, 2.75) is 19.4 Å². The maximum Gasteiger partial charge on any atom is 0.131 e. The van der Waals surface area contributed by atoms with E-state index < -0.39 is 0 Å². The highest BCUT2D eigenvalue weighted by molar-refractivity contribution is 5.30. The molecule has 0 fully saturated rings. The standard InChI is InChI=1S/C17H20FNO2/c1-13(19)16-9-8-15(12-17(16)18)21-11-5-10-20-14-6-3-2-4-7-14/h2-4,6-9,12-13H,5,10-11,19H2,1H3/t13-/m1/s1. The minimum atomic E-state index is -0.331. The van der Waals surface area contributed by atoms with Crippen molar-refractivity contribution >= 4 is 0 Å². The molecular formula is C17H20FNO2. The van der Waals surface area contributed by atoms with Gasteiger partial charge in [-0.1, -0.05) is 24.3 Å². The number of benzene rings is 2. The molecule has 0 aromatic heterocycles. The van der Waals surface area contributed by atoms with E-state index in [1.54, 1.807) is 19.1 Å². The average Bonchev–Trinajstić information content (AvgIpc) is 2.47. The second-order valence-electron chi connectivity index (χ2n) is 4.84. The van der Waals surface area contributed by atoms with Crippen LogP contribution in [0.25, 0.3) is 0 Å². The second kappa shape index (κ2) is 7.64. The summed E-state index contributed by atoms with van der Waals surface area (Å²) in [5.41, 5.74) is 6.16. The van der Waals surface area contributed by atoms with E-state index in [1.807, 2.05) is 30.3 Å². The summed E-state index contributed by atoms with van der Waals surface area (Å²) >= 11 is 0. The van der Waals surface area contributed by atoms with Gasteiger partial charge in [0.15, 0.2) is 0 Å². The van der Waals surface area contributed by atoms with Gasteiger partial charge in [0, 0.05) is 24.1 Å². The fourth-order valence-electron chi connectivity index (χ4n) is 1.92. The Hall–Kier alpha value is -2.07. The second-order valence-corrected chi connectivity index (χ2v) is 4.84. The smallest absolute Gasteiger partial charge is 0.131 e.